The smallest absolute Gasteiger partial charge is 0.339 e. The van der Waals surface area contributed by atoms with E-state index in [4.69, 9.17) is 4.74 Å². The quantitative estimate of drug-likeness (QED) is 0.783. The third-order valence-corrected chi connectivity index (χ3v) is 3.55. The van der Waals surface area contributed by atoms with Crippen LogP contribution in [0.4, 0.5) is 0 Å². The number of halogens is 1. The Balaban J connectivity index is 2.27. The number of likely N-dealkylation sites (N-methyl/N-ethyl adjacent to an activating group) is 1. The second-order valence-corrected chi connectivity index (χ2v) is 5.85. The molecule has 22 heavy (non-hydrogen) atoms. The van der Waals surface area contributed by atoms with Gasteiger partial charge in [-0.3, -0.25) is 4.79 Å². The molecule has 0 saturated carbocycles. The normalized spacial score (nSPS) is 11.6. The van der Waals surface area contributed by atoms with Crippen molar-refractivity contribution in [3.05, 3.63) is 70.2 Å². The zero-order valence-electron chi connectivity index (χ0n) is 12.3. The van der Waals surface area contributed by atoms with Crippen molar-refractivity contribution in [2.75, 3.05) is 14.1 Å². The van der Waals surface area contributed by atoms with E-state index in [9.17, 15) is 9.59 Å². The summed E-state index contributed by atoms with van der Waals surface area (Å²) in [5.41, 5.74) is 1.03. The fourth-order valence-corrected chi connectivity index (χ4v) is 2.31. The number of benzene rings is 2. The molecule has 4 nitrogen and oxygen atoms in total. The van der Waals surface area contributed by atoms with E-state index in [0.29, 0.717) is 11.1 Å². The number of esters is 1. The SMILES string of the molecule is CN(C)C(=O)[C@H](OC(=O)c1cccc(Br)c1)c1ccccc1. The van der Waals surface area contributed by atoms with Crippen LogP contribution in [0.3, 0.4) is 0 Å². The summed E-state index contributed by atoms with van der Waals surface area (Å²) in [7, 11) is 3.26. The number of ether oxygens (including phenoxy) is 1. The number of rotatable bonds is 4. The van der Waals surface area contributed by atoms with Gasteiger partial charge in [-0.2, -0.15) is 0 Å². The molecule has 114 valence electrons. The molecule has 2 aromatic carbocycles. The van der Waals surface area contributed by atoms with Crippen LogP contribution in [0.1, 0.15) is 22.0 Å². The van der Waals surface area contributed by atoms with Crippen molar-refractivity contribution in [1.29, 1.82) is 0 Å². The Kier molecular flexibility index (Phi) is 5.33. The fourth-order valence-electron chi connectivity index (χ4n) is 1.91. The second-order valence-electron chi connectivity index (χ2n) is 4.94. The highest BCUT2D eigenvalue weighted by Crippen LogP contribution is 2.22. The molecular weight excluding hydrogens is 346 g/mol. The molecule has 0 unspecified atom stereocenters. The molecule has 1 atom stereocenters. The first-order chi connectivity index (χ1) is 10.5. The molecule has 2 rings (SSSR count). The van der Waals surface area contributed by atoms with E-state index in [1.807, 2.05) is 12.1 Å². The van der Waals surface area contributed by atoms with Gasteiger partial charge in [0.1, 0.15) is 0 Å². The molecule has 0 aliphatic rings. The molecule has 0 aliphatic heterocycles. The lowest BCUT2D eigenvalue weighted by Gasteiger charge is -2.21. The summed E-state index contributed by atoms with van der Waals surface area (Å²) in [6.07, 6.45) is -0.956. The van der Waals surface area contributed by atoms with Gasteiger partial charge in [-0.15, -0.1) is 0 Å². The highest BCUT2D eigenvalue weighted by atomic mass is 79.9. The molecule has 0 aliphatic carbocycles. The van der Waals surface area contributed by atoms with E-state index in [1.165, 1.54) is 4.90 Å². The van der Waals surface area contributed by atoms with Crippen LogP contribution in [0, 0.1) is 0 Å². The van der Waals surface area contributed by atoms with Crippen molar-refractivity contribution in [1.82, 2.24) is 4.90 Å². The van der Waals surface area contributed by atoms with E-state index < -0.39 is 12.1 Å². The van der Waals surface area contributed by atoms with Gasteiger partial charge < -0.3 is 9.64 Å². The van der Waals surface area contributed by atoms with Crippen molar-refractivity contribution in [2.45, 2.75) is 6.10 Å². The van der Waals surface area contributed by atoms with E-state index in [0.717, 1.165) is 4.47 Å². The molecule has 1 amide bonds. The second kappa shape index (κ2) is 7.22. The van der Waals surface area contributed by atoms with E-state index in [1.54, 1.807) is 56.6 Å². The van der Waals surface area contributed by atoms with Crippen molar-refractivity contribution in [2.24, 2.45) is 0 Å². The molecule has 0 heterocycles. The minimum atomic E-state index is -0.956. The standard InChI is InChI=1S/C17H16BrNO3/c1-19(2)16(20)15(12-7-4-3-5-8-12)22-17(21)13-9-6-10-14(18)11-13/h3-11,15H,1-2H3/t15-/m1/s1. The van der Waals surface area contributed by atoms with Gasteiger partial charge in [0.25, 0.3) is 5.91 Å². The Morgan fingerprint density at radius 1 is 1.05 bits per heavy atom. The summed E-state index contributed by atoms with van der Waals surface area (Å²) in [4.78, 5) is 26.0. The number of carbonyl (C=O) groups is 2. The maximum Gasteiger partial charge on any atom is 0.339 e. The Labute approximate surface area is 137 Å². The van der Waals surface area contributed by atoms with Crippen LogP contribution >= 0.6 is 15.9 Å². The third kappa shape index (κ3) is 3.95. The molecule has 0 fully saturated rings. The Morgan fingerprint density at radius 3 is 2.32 bits per heavy atom. The number of nitrogens with zero attached hydrogens (tertiary/aromatic N) is 1. The van der Waals surface area contributed by atoms with Crippen molar-refractivity contribution in [3.8, 4) is 0 Å². The fraction of sp³-hybridized carbons (Fsp3) is 0.176. The van der Waals surface area contributed by atoms with Crippen molar-refractivity contribution >= 4 is 27.8 Å². The summed E-state index contributed by atoms with van der Waals surface area (Å²) < 4.78 is 6.22. The first-order valence-corrected chi connectivity index (χ1v) is 7.51. The lowest BCUT2D eigenvalue weighted by atomic mass is 10.1. The zero-order valence-corrected chi connectivity index (χ0v) is 13.9. The highest BCUT2D eigenvalue weighted by molar-refractivity contribution is 9.10. The van der Waals surface area contributed by atoms with Gasteiger partial charge in [0.05, 0.1) is 5.56 Å². The average molecular weight is 362 g/mol. The molecule has 0 spiro atoms. The van der Waals surface area contributed by atoms with Gasteiger partial charge >= 0.3 is 5.97 Å². The minimum Gasteiger partial charge on any atom is -0.444 e. The summed E-state index contributed by atoms with van der Waals surface area (Å²) >= 11 is 3.31. The number of carbonyl (C=O) groups excluding carboxylic acids is 2. The predicted octanol–water partition coefficient (Wildman–Crippen LogP) is 3.44. The molecule has 0 aromatic heterocycles. The molecule has 2 aromatic rings. The lowest BCUT2D eigenvalue weighted by molar-refractivity contribution is -0.138. The summed E-state index contributed by atoms with van der Waals surface area (Å²) in [5.74, 6) is -0.820. The zero-order chi connectivity index (χ0) is 16.1. The van der Waals surface area contributed by atoms with Gasteiger partial charge in [-0.05, 0) is 18.2 Å². The van der Waals surface area contributed by atoms with Crippen molar-refractivity contribution in [3.63, 3.8) is 0 Å². The van der Waals surface area contributed by atoms with Gasteiger partial charge in [0.2, 0.25) is 6.10 Å². The van der Waals surface area contributed by atoms with Crippen LogP contribution in [-0.2, 0) is 9.53 Å². The Hall–Kier alpha value is -2.14. The van der Waals surface area contributed by atoms with Crippen LogP contribution in [0.5, 0.6) is 0 Å². The minimum absolute atomic E-state index is 0.283. The van der Waals surface area contributed by atoms with Crippen LogP contribution in [-0.4, -0.2) is 30.9 Å². The van der Waals surface area contributed by atoms with E-state index in [2.05, 4.69) is 15.9 Å². The summed E-state index contributed by atoms with van der Waals surface area (Å²) in [6.45, 7) is 0. The summed E-state index contributed by atoms with van der Waals surface area (Å²) in [6, 6.07) is 15.8. The van der Waals surface area contributed by atoms with Crippen LogP contribution < -0.4 is 0 Å². The number of hydrogen-bond donors (Lipinski definition) is 0. The Morgan fingerprint density at radius 2 is 1.73 bits per heavy atom. The third-order valence-electron chi connectivity index (χ3n) is 3.05. The lowest BCUT2D eigenvalue weighted by Crippen LogP contribution is -2.31. The molecule has 0 bridgehead atoms. The topological polar surface area (TPSA) is 46.6 Å². The molecule has 0 saturated heterocycles. The molecule has 0 radical (unpaired) electrons. The van der Waals surface area contributed by atoms with Crippen molar-refractivity contribution < 1.29 is 14.3 Å². The van der Waals surface area contributed by atoms with Gasteiger partial charge in [-0.1, -0.05) is 52.3 Å². The molecule has 5 heteroatoms. The monoisotopic (exact) mass is 361 g/mol. The highest BCUT2D eigenvalue weighted by Gasteiger charge is 2.26. The van der Waals surface area contributed by atoms with E-state index >= 15 is 0 Å². The maximum atomic E-state index is 12.3. The average Bonchev–Trinajstić information content (AvgIpc) is 2.52. The van der Waals surface area contributed by atoms with Crippen LogP contribution in [0.15, 0.2) is 59.1 Å². The van der Waals surface area contributed by atoms with Gasteiger partial charge in [0, 0.05) is 24.1 Å². The molecule has 0 N–H and O–H groups in total. The largest absolute Gasteiger partial charge is 0.444 e. The van der Waals surface area contributed by atoms with E-state index in [-0.39, 0.29) is 5.91 Å². The number of amides is 1. The summed E-state index contributed by atoms with van der Waals surface area (Å²) in [5, 5.41) is 0. The van der Waals surface area contributed by atoms with Gasteiger partial charge in [0.15, 0.2) is 0 Å². The first kappa shape index (κ1) is 16.2. The first-order valence-electron chi connectivity index (χ1n) is 6.71. The van der Waals surface area contributed by atoms with Crippen LogP contribution in [0.25, 0.3) is 0 Å². The molecular formula is C17H16BrNO3. The maximum absolute atomic E-state index is 12.3. The van der Waals surface area contributed by atoms with Gasteiger partial charge in [-0.25, -0.2) is 4.79 Å². The number of hydrogen-bond acceptors (Lipinski definition) is 3. The Bertz CT molecular complexity index is 671. The predicted molar refractivity (Wildman–Crippen MR) is 87.4 cm³/mol. The van der Waals surface area contributed by atoms with Crippen LogP contribution in [0.2, 0.25) is 0 Å².